The molecule has 3 heteroatoms. The molecule has 1 aliphatic carbocycles. The van der Waals surface area contributed by atoms with Crippen molar-refractivity contribution in [2.45, 2.75) is 37.5 Å². The van der Waals surface area contributed by atoms with Crippen LogP contribution in [0, 0.1) is 5.92 Å². The fourth-order valence-corrected chi connectivity index (χ4v) is 3.08. The van der Waals surface area contributed by atoms with Crippen LogP contribution in [0.25, 0.3) is 0 Å². The van der Waals surface area contributed by atoms with Gasteiger partial charge < -0.3 is 10.4 Å². The standard InChI is InChI=1S/C10H21NOS/c1-8(6-12)7-13-10-4-3-9(5-10)11-2/h8-12H,3-7H2,1-2H3. The van der Waals surface area contributed by atoms with Crippen LogP contribution in [-0.2, 0) is 0 Å². The molecule has 0 spiro atoms. The molecule has 2 N–H and O–H groups in total. The maximum atomic E-state index is 8.88. The zero-order valence-electron chi connectivity index (χ0n) is 8.62. The van der Waals surface area contributed by atoms with Crippen molar-refractivity contribution in [1.82, 2.24) is 5.32 Å². The van der Waals surface area contributed by atoms with Crippen molar-refractivity contribution in [2.24, 2.45) is 5.92 Å². The molecule has 0 radical (unpaired) electrons. The van der Waals surface area contributed by atoms with Gasteiger partial charge in [0.2, 0.25) is 0 Å². The molecule has 0 bridgehead atoms. The Morgan fingerprint density at radius 2 is 2.31 bits per heavy atom. The molecule has 1 rings (SSSR count). The van der Waals surface area contributed by atoms with Crippen LogP contribution in [0.5, 0.6) is 0 Å². The normalized spacial score (nSPS) is 30.7. The molecule has 2 nitrogen and oxygen atoms in total. The second kappa shape index (κ2) is 5.89. The Morgan fingerprint density at radius 3 is 2.85 bits per heavy atom. The third kappa shape index (κ3) is 3.88. The second-order valence-corrected chi connectivity index (χ2v) is 5.38. The summed E-state index contributed by atoms with van der Waals surface area (Å²) >= 11 is 2.04. The minimum atomic E-state index is 0.329. The fraction of sp³-hybridized carbons (Fsp3) is 1.00. The van der Waals surface area contributed by atoms with Crippen molar-refractivity contribution < 1.29 is 5.11 Å². The number of hydrogen-bond donors (Lipinski definition) is 2. The van der Waals surface area contributed by atoms with Crippen LogP contribution in [0.4, 0.5) is 0 Å². The Kier molecular flexibility index (Phi) is 5.14. The maximum absolute atomic E-state index is 8.88. The lowest BCUT2D eigenvalue weighted by Crippen LogP contribution is -2.21. The largest absolute Gasteiger partial charge is 0.396 e. The average molecular weight is 203 g/mol. The van der Waals surface area contributed by atoms with E-state index >= 15 is 0 Å². The Morgan fingerprint density at radius 1 is 1.54 bits per heavy atom. The summed E-state index contributed by atoms with van der Waals surface area (Å²) in [6, 6.07) is 0.738. The van der Waals surface area contributed by atoms with Crippen LogP contribution >= 0.6 is 11.8 Å². The molecule has 0 amide bonds. The van der Waals surface area contributed by atoms with Gasteiger partial charge in [-0.2, -0.15) is 11.8 Å². The third-order valence-corrected chi connectivity index (χ3v) is 4.38. The molecule has 0 aliphatic heterocycles. The highest BCUT2D eigenvalue weighted by molar-refractivity contribution is 7.99. The lowest BCUT2D eigenvalue weighted by Gasteiger charge is -2.13. The van der Waals surface area contributed by atoms with E-state index < -0.39 is 0 Å². The molecule has 3 unspecified atom stereocenters. The molecule has 1 aliphatic rings. The quantitative estimate of drug-likeness (QED) is 0.710. The van der Waals surface area contributed by atoms with Crippen molar-refractivity contribution in [3.05, 3.63) is 0 Å². The molecule has 1 saturated carbocycles. The molecule has 0 aromatic rings. The van der Waals surface area contributed by atoms with Gasteiger partial charge in [-0.25, -0.2) is 0 Å². The number of thioether (sulfide) groups is 1. The smallest absolute Gasteiger partial charge is 0.0464 e. The van der Waals surface area contributed by atoms with Gasteiger partial charge in [0.15, 0.2) is 0 Å². The number of rotatable bonds is 5. The van der Waals surface area contributed by atoms with Crippen LogP contribution in [0.15, 0.2) is 0 Å². The summed E-state index contributed by atoms with van der Waals surface area (Å²) in [4.78, 5) is 0. The van der Waals surface area contributed by atoms with E-state index in [2.05, 4.69) is 12.2 Å². The van der Waals surface area contributed by atoms with Crippen LogP contribution in [0.3, 0.4) is 0 Å². The molecule has 78 valence electrons. The molecule has 3 atom stereocenters. The van der Waals surface area contributed by atoms with Gasteiger partial charge in [-0.05, 0) is 38.0 Å². The first-order chi connectivity index (χ1) is 6.26. The predicted molar refractivity (Wildman–Crippen MR) is 59.2 cm³/mol. The van der Waals surface area contributed by atoms with Gasteiger partial charge in [0, 0.05) is 17.9 Å². The Hall–Kier alpha value is 0.270. The molecular weight excluding hydrogens is 182 g/mol. The Balaban J connectivity index is 2.10. The summed E-state index contributed by atoms with van der Waals surface area (Å²) < 4.78 is 0. The van der Waals surface area contributed by atoms with Gasteiger partial charge in [-0.15, -0.1) is 0 Å². The van der Waals surface area contributed by atoms with Crippen LogP contribution in [0.1, 0.15) is 26.2 Å². The van der Waals surface area contributed by atoms with Crippen molar-refractivity contribution >= 4 is 11.8 Å². The first-order valence-corrected chi connectivity index (χ1v) is 6.20. The highest BCUT2D eigenvalue weighted by atomic mass is 32.2. The van der Waals surface area contributed by atoms with Gasteiger partial charge in [-0.1, -0.05) is 6.92 Å². The van der Waals surface area contributed by atoms with E-state index in [9.17, 15) is 0 Å². The molecule has 0 aromatic heterocycles. The van der Waals surface area contributed by atoms with E-state index in [1.807, 2.05) is 18.8 Å². The summed E-state index contributed by atoms with van der Waals surface area (Å²) in [7, 11) is 2.05. The van der Waals surface area contributed by atoms with E-state index in [1.54, 1.807) is 0 Å². The van der Waals surface area contributed by atoms with Crippen LogP contribution in [0.2, 0.25) is 0 Å². The fourth-order valence-electron chi connectivity index (χ4n) is 1.71. The third-order valence-electron chi connectivity index (χ3n) is 2.72. The molecule has 0 aromatic carbocycles. The summed E-state index contributed by atoms with van der Waals surface area (Å²) in [6.45, 7) is 2.44. The van der Waals surface area contributed by atoms with Gasteiger partial charge >= 0.3 is 0 Å². The van der Waals surface area contributed by atoms with Gasteiger partial charge in [0.25, 0.3) is 0 Å². The monoisotopic (exact) mass is 203 g/mol. The SMILES string of the molecule is CNC1CCC(SCC(C)CO)C1. The zero-order chi connectivity index (χ0) is 9.68. The predicted octanol–water partition coefficient (Wildman–Crippen LogP) is 1.49. The van der Waals surface area contributed by atoms with Crippen LogP contribution in [-0.4, -0.2) is 35.8 Å². The Bertz CT molecular complexity index is 143. The molecule has 0 heterocycles. The summed E-state index contributed by atoms with van der Waals surface area (Å²) in [5.41, 5.74) is 0. The molecular formula is C10H21NOS. The number of aliphatic hydroxyl groups excluding tert-OH is 1. The highest BCUT2D eigenvalue weighted by Crippen LogP contribution is 2.30. The minimum Gasteiger partial charge on any atom is -0.396 e. The van der Waals surface area contributed by atoms with E-state index in [0.717, 1.165) is 17.0 Å². The summed E-state index contributed by atoms with van der Waals surface area (Å²) in [6.07, 6.45) is 3.97. The highest BCUT2D eigenvalue weighted by Gasteiger charge is 2.23. The van der Waals surface area contributed by atoms with Gasteiger partial charge in [0.1, 0.15) is 0 Å². The summed E-state index contributed by atoms with van der Waals surface area (Å²) in [5, 5.41) is 13.0. The summed E-state index contributed by atoms with van der Waals surface area (Å²) in [5.74, 6) is 1.57. The van der Waals surface area contributed by atoms with Crippen molar-refractivity contribution in [3.8, 4) is 0 Å². The minimum absolute atomic E-state index is 0.329. The molecule has 0 saturated heterocycles. The maximum Gasteiger partial charge on any atom is 0.0464 e. The number of nitrogens with one attached hydrogen (secondary N) is 1. The molecule has 1 fully saturated rings. The first-order valence-electron chi connectivity index (χ1n) is 5.16. The molecule has 13 heavy (non-hydrogen) atoms. The lowest BCUT2D eigenvalue weighted by atomic mass is 10.2. The van der Waals surface area contributed by atoms with Gasteiger partial charge in [-0.3, -0.25) is 0 Å². The first kappa shape index (κ1) is 11.3. The van der Waals surface area contributed by atoms with E-state index in [-0.39, 0.29) is 0 Å². The number of hydrogen-bond acceptors (Lipinski definition) is 3. The van der Waals surface area contributed by atoms with E-state index in [0.29, 0.717) is 12.5 Å². The van der Waals surface area contributed by atoms with E-state index in [1.165, 1.54) is 19.3 Å². The second-order valence-electron chi connectivity index (χ2n) is 4.04. The van der Waals surface area contributed by atoms with E-state index in [4.69, 9.17) is 5.11 Å². The topological polar surface area (TPSA) is 32.3 Å². The van der Waals surface area contributed by atoms with Crippen LogP contribution < -0.4 is 5.32 Å². The zero-order valence-corrected chi connectivity index (χ0v) is 9.44. The van der Waals surface area contributed by atoms with Gasteiger partial charge in [0.05, 0.1) is 0 Å². The lowest BCUT2D eigenvalue weighted by molar-refractivity contribution is 0.250. The Labute approximate surface area is 85.5 Å². The van der Waals surface area contributed by atoms with Crippen molar-refractivity contribution in [1.29, 1.82) is 0 Å². The average Bonchev–Trinajstić information content (AvgIpc) is 2.61. The number of aliphatic hydroxyl groups is 1. The van der Waals surface area contributed by atoms with Crippen molar-refractivity contribution in [2.75, 3.05) is 19.4 Å². The van der Waals surface area contributed by atoms with Crippen molar-refractivity contribution in [3.63, 3.8) is 0 Å².